The summed E-state index contributed by atoms with van der Waals surface area (Å²) in [5.41, 5.74) is 2.94. The van der Waals surface area contributed by atoms with Crippen molar-refractivity contribution >= 4 is 27.4 Å². The topological polar surface area (TPSA) is 83.6 Å². The minimum atomic E-state index is -3.52. The average Bonchev–Trinajstić information content (AvgIpc) is 2.60. The highest BCUT2D eigenvalue weighted by atomic mass is 32.2. The third-order valence-corrected chi connectivity index (χ3v) is 5.41. The Morgan fingerprint density at radius 1 is 1.04 bits per heavy atom. The van der Waals surface area contributed by atoms with E-state index >= 15 is 0 Å². The zero-order valence-corrected chi connectivity index (χ0v) is 16.5. The van der Waals surface area contributed by atoms with E-state index in [1.54, 1.807) is 24.3 Å². The van der Waals surface area contributed by atoms with Crippen LogP contribution in [-0.4, -0.2) is 39.5 Å². The second-order valence-corrected chi connectivity index (χ2v) is 8.30. The molecule has 0 aliphatic heterocycles. The predicted molar refractivity (Wildman–Crippen MR) is 107 cm³/mol. The maximum atomic E-state index is 12.1. The number of anilines is 1. The standard InChI is InChI=1S/C20H24N2O4S/c1-15-6-4-5-7-18(15)14-20(24)21-12-13-22(27(3,25)26)19-10-8-17(9-11-19)16(2)23/h4-11H,12-14H2,1-3H3,(H,21,24). The van der Waals surface area contributed by atoms with Crippen molar-refractivity contribution in [2.75, 3.05) is 23.7 Å². The Labute approximate surface area is 160 Å². The van der Waals surface area contributed by atoms with E-state index in [9.17, 15) is 18.0 Å². The molecule has 0 aliphatic carbocycles. The highest BCUT2D eigenvalue weighted by Gasteiger charge is 2.17. The lowest BCUT2D eigenvalue weighted by Crippen LogP contribution is -2.38. The summed E-state index contributed by atoms with van der Waals surface area (Å²) in [7, 11) is -3.52. The summed E-state index contributed by atoms with van der Waals surface area (Å²) < 4.78 is 25.4. The number of carbonyl (C=O) groups excluding carboxylic acids is 2. The van der Waals surface area contributed by atoms with Gasteiger partial charge in [0.15, 0.2) is 5.78 Å². The number of benzene rings is 2. The van der Waals surface area contributed by atoms with E-state index in [1.165, 1.54) is 11.2 Å². The van der Waals surface area contributed by atoms with Crippen molar-refractivity contribution in [3.8, 4) is 0 Å². The van der Waals surface area contributed by atoms with Gasteiger partial charge in [-0.2, -0.15) is 0 Å². The van der Waals surface area contributed by atoms with Gasteiger partial charge < -0.3 is 5.32 Å². The average molecular weight is 388 g/mol. The largest absolute Gasteiger partial charge is 0.354 e. The van der Waals surface area contributed by atoms with E-state index in [0.717, 1.165) is 17.4 Å². The van der Waals surface area contributed by atoms with Gasteiger partial charge in [0.1, 0.15) is 0 Å². The summed E-state index contributed by atoms with van der Waals surface area (Å²) in [6.07, 6.45) is 1.36. The number of amides is 1. The van der Waals surface area contributed by atoms with Crippen LogP contribution in [-0.2, 0) is 21.2 Å². The molecule has 0 bridgehead atoms. The first kappa shape index (κ1) is 20.6. The fraction of sp³-hybridized carbons (Fsp3) is 0.300. The van der Waals surface area contributed by atoms with Crippen LogP contribution < -0.4 is 9.62 Å². The maximum Gasteiger partial charge on any atom is 0.232 e. The van der Waals surface area contributed by atoms with Gasteiger partial charge >= 0.3 is 0 Å². The quantitative estimate of drug-likeness (QED) is 0.704. The molecule has 0 saturated heterocycles. The molecule has 1 N–H and O–H groups in total. The van der Waals surface area contributed by atoms with Gasteiger partial charge in [-0.3, -0.25) is 13.9 Å². The van der Waals surface area contributed by atoms with Gasteiger partial charge in [0.2, 0.25) is 15.9 Å². The molecule has 2 aromatic carbocycles. The van der Waals surface area contributed by atoms with Crippen molar-refractivity contribution in [2.24, 2.45) is 0 Å². The lowest BCUT2D eigenvalue weighted by atomic mass is 10.1. The molecule has 0 heterocycles. The molecule has 7 heteroatoms. The molecule has 0 fully saturated rings. The van der Waals surface area contributed by atoms with Gasteiger partial charge in [-0.05, 0) is 49.2 Å². The van der Waals surface area contributed by atoms with Gasteiger partial charge in [-0.25, -0.2) is 8.42 Å². The van der Waals surface area contributed by atoms with Crippen molar-refractivity contribution in [1.29, 1.82) is 0 Å². The highest BCUT2D eigenvalue weighted by Crippen LogP contribution is 2.18. The van der Waals surface area contributed by atoms with Crippen LogP contribution in [0.5, 0.6) is 0 Å². The molecule has 0 atom stereocenters. The van der Waals surface area contributed by atoms with Crippen LogP contribution in [0.3, 0.4) is 0 Å². The van der Waals surface area contributed by atoms with Crippen LogP contribution in [0.2, 0.25) is 0 Å². The van der Waals surface area contributed by atoms with E-state index in [2.05, 4.69) is 5.32 Å². The molecule has 0 aliphatic rings. The summed E-state index contributed by atoms with van der Waals surface area (Å²) in [5, 5.41) is 2.76. The number of aryl methyl sites for hydroxylation is 1. The van der Waals surface area contributed by atoms with Crippen LogP contribution in [0.4, 0.5) is 5.69 Å². The number of nitrogens with zero attached hydrogens (tertiary/aromatic N) is 1. The van der Waals surface area contributed by atoms with Gasteiger partial charge in [0.25, 0.3) is 0 Å². The first-order valence-electron chi connectivity index (χ1n) is 8.58. The lowest BCUT2D eigenvalue weighted by Gasteiger charge is -2.22. The van der Waals surface area contributed by atoms with Crippen LogP contribution in [0.1, 0.15) is 28.4 Å². The molecule has 1 amide bonds. The van der Waals surface area contributed by atoms with Gasteiger partial charge in [0.05, 0.1) is 24.9 Å². The smallest absolute Gasteiger partial charge is 0.232 e. The Morgan fingerprint density at radius 3 is 2.22 bits per heavy atom. The fourth-order valence-corrected chi connectivity index (χ4v) is 3.62. The van der Waals surface area contributed by atoms with Crippen LogP contribution in [0, 0.1) is 6.92 Å². The molecule has 0 aromatic heterocycles. The fourth-order valence-electron chi connectivity index (χ4n) is 2.69. The Morgan fingerprint density at radius 2 is 1.67 bits per heavy atom. The summed E-state index contributed by atoms with van der Waals surface area (Å²) in [6.45, 7) is 3.69. The normalized spacial score (nSPS) is 11.1. The van der Waals surface area contributed by atoms with E-state index in [4.69, 9.17) is 0 Å². The number of sulfonamides is 1. The second-order valence-electron chi connectivity index (χ2n) is 6.39. The zero-order valence-electron chi connectivity index (χ0n) is 15.7. The molecule has 0 unspecified atom stereocenters. The van der Waals surface area contributed by atoms with Crippen molar-refractivity contribution in [2.45, 2.75) is 20.3 Å². The first-order valence-corrected chi connectivity index (χ1v) is 10.4. The molecule has 0 spiro atoms. The molecule has 0 saturated carbocycles. The summed E-state index contributed by atoms with van der Waals surface area (Å²) in [5.74, 6) is -0.249. The SMILES string of the molecule is CC(=O)c1ccc(N(CCNC(=O)Cc2ccccc2C)S(C)(=O)=O)cc1. The summed E-state index contributed by atoms with van der Waals surface area (Å²) in [6, 6.07) is 14.0. The van der Waals surface area contributed by atoms with Gasteiger partial charge in [0, 0.05) is 12.1 Å². The van der Waals surface area contributed by atoms with Crippen molar-refractivity contribution in [3.05, 3.63) is 65.2 Å². The zero-order chi connectivity index (χ0) is 20.0. The van der Waals surface area contributed by atoms with E-state index in [1.807, 2.05) is 31.2 Å². The minimum Gasteiger partial charge on any atom is -0.354 e. The number of rotatable bonds is 8. The van der Waals surface area contributed by atoms with Gasteiger partial charge in [-0.15, -0.1) is 0 Å². The molecule has 2 aromatic rings. The van der Waals surface area contributed by atoms with E-state index in [-0.39, 0.29) is 31.2 Å². The van der Waals surface area contributed by atoms with Crippen LogP contribution >= 0.6 is 0 Å². The van der Waals surface area contributed by atoms with Crippen LogP contribution in [0.15, 0.2) is 48.5 Å². The van der Waals surface area contributed by atoms with E-state index < -0.39 is 10.0 Å². The molecular weight excluding hydrogens is 364 g/mol. The number of hydrogen-bond donors (Lipinski definition) is 1. The molecule has 0 radical (unpaired) electrons. The molecule has 6 nitrogen and oxygen atoms in total. The van der Waals surface area contributed by atoms with Crippen molar-refractivity contribution < 1.29 is 18.0 Å². The Bertz CT molecular complexity index is 921. The first-order chi connectivity index (χ1) is 12.7. The minimum absolute atomic E-state index is 0.0871. The molecular formula is C20H24N2O4S. The number of ketones is 1. The maximum absolute atomic E-state index is 12.1. The summed E-state index contributed by atoms with van der Waals surface area (Å²) in [4.78, 5) is 23.5. The number of nitrogens with one attached hydrogen (secondary N) is 1. The Kier molecular flexibility index (Phi) is 6.74. The Balaban J connectivity index is 2.00. The van der Waals surface area contributed by atoms with Crippen molar-refractivity contribution in [3.63, 3.8) is 0 Å². The van der Waals surface area contributed by atoms with Crippen LogP contribution in [0.25, 0.3) is 0 Å². The molecule has 2 rings (SSSR count). The molecule has 144 valence electrons. The second kappa shape index (κ2) is 8.81. The highest BCUT2D eigenvalue weighted by molar-refractivity contribution is 7.92. The molecule has 27 heavy (non-hydrogen) atoms. The lowest BCUT2D eigenvalue weighted by molar-refractivity contribution is -0.120. The Hall–Kier alpha value is -2.67. The number of carbonyl (C=O) groups is 2. The summed E-state index contributed by atoms with van der Waals surface area (Å²) >= 11 is 0. The van der Waals surface area contributed by atoms with Crippen molar-refractivity contribution in [1.82, 2.24) is 5.32 Å². The number of hydrogen-bond acceptors (Lipinski definition) is 4. The third-order valence-electron chi connectivity index (χ3n) is 4.21. The van der Waals surface area contributed by atoms with E-state index in [0.29, 0.717) is 11.3 Å². The number of Topliss-reactive ketones (excluding diaryl/α,β-unsaturated/α-hetero) is 1. The third kappa shape index (κ3) is 5.92. The monoisotopic (exact) mass is 388 g/mol. The predicted octanol–water partition coefficient (Wildman–Crippen LogP) is 2.32. The van der Waals surface area contributed by atoms with Gasteiger partial charge in [-0.1, -0.05) is 24.3 Å².